The molecule has 0 spiro atoms. The van der Waals surface area contributed by atoms with Crippen molar-refractivity contribution in [3.63, 3.8) is 0 Å². The van der Waals surface area contributed by atoms with Gasteiger partial charge in [-0.2, -0.15) is 5.10 Å². The lowest BCUT2D eigenvalue weighted by atomic mass is 10.1. The van der Waals surface area contributed by atoms with Gasteiger partial charge in [0, 0.05) is 61.4 Å². The fraction of sp³-hybridized carbons (Fsp3) is 0.304. The highest BCUT2D eigenvalue weighted by Gasteiger charge is 2.22. The largest absolute Gasteiger partial charge is 0.368 e. The van der Waals surface area contributed by atoms with Crippen LogP contribution in [-0.4, -0.2) is 39.9 Å². The molecule has 31 heavy (non-hydrogen) atoms. The molecule has 8 heteroatoms. The number of halogens is 2. The van der Waals surface area contributed by atoms with E-state index in [2.05, 4.69) is 39.5 Å². The number of fused-ring (bicyclic) bond motifs is 2. The van der Waals surface area contributed by atoms with Crippen molar-refractivity contribution in [2.75, 3.05) is 23.3 Å². The standard InChI is InChI=1S/C23H24F2N6/c1-13-10-31(11-14(2)27-13)18-7-15-4-5-26-23(21(15)19(24)9-18)28-17-6-16-12-30(3)29-22(16)20(25)8-17/h4-9,12-14,27H,10-11H2,1-3H3,(H,26,28)/t13-,14-/m0/s1. The van der Waals surface area contributed by atoms with Crippen molar-refractivity contribution in [2.45, 2.75) is 25.9 Å². The molecule has 0 unspecified atom stereocenters. The first-order valence-electron chi connectivity index (χ1n) is 10.4. The molecule has 1 aliphatic rings. The van der Waals surface area contributed by atoms with E-state index >= 15 is 4.39 Å². The van der Waals surface area contributed by atoms with Gasteiger partial charge in [-0.15, -0.1) is 0 Å². The molecule has 0 bridgehead atoms. The summed E-state index contributed by atoms with van der Waals surface area (Å²) in [6.45, 7) is 5.89. The van der Waals surface area contributed by atoms with E-state index in [9.17, 15) is 4.39 Å². The quantitative estimate of drug-likeness (QED) is 0.515. The van der Waals surface area contributed by atoms with Crippen LogP contribution in [0.4, 0.5) is 26.0 Å². The third-order valence-electron chi connectivity index (χ3n) is 5.66. The number of aromatic nitrogens is 3. The number of hydrogen-bond donors (Lipinski definition) is 2. The lowest BCUT2D eigenvalue weighted by molar-refractivity contribution is 0.407. The molecule has 2 aromatic carbocycles. The third kappa shape index (κ3) is 3.67. The van der Waals surface area contributed by atoms with Crippen LogP contribution in [0.1, 0.15) is 13.8 Å². The molecule has 0 aliphatic carbocycles. The Balaban J connectivity index is 1.53. The number of rotatable bonds is 3. The Labute approximate surface area is 178 Å². The number of nitrogens with zero attached hydrogens (tertiary/aromatic N) is 4. The van der Waals surface area contributed by atoms with Gasteiger partial charge in [-0.3, -0.25) is 4.68 Å². The second-order valence-electron chi connectivity index (χ2n) is 8.38. The number of piperazine rings is 1. The molecule has 1 fully saturated rings. The summed E-state index contributed by atoms with van der Waals surface area (Å²) in [4.78, 5) is 6.53. The molecular weight excluding hydrogens is 398 g/mol. The van der Waals surface area contributed by atoms with Crippen LogP contribution < -0.4 is 15.5 Å². The maximum Gasteiger partial charge on any atom is 0.153 e. The van der Waals surface area contributed by atoms with Crippen molar-refractivity contribution in [1.29, 1.82) is 0 Å². The fourth-order valence-electron chi connectivity index (χ4n) is 4.49. The van der Waals surface area contributed by atoms with Crippen LogP contribution in [0.2, 0.25) is 0 Å². The van der Waals surface area contributed by atoms with Gasteiger partial charge in [-0.25, -0.2) is 13.8 Å². The topological polar surface area (TPSA) is 58.0 Å². The lowest BCUT2D eigenvalue weighted by Crippen LogP contribution is -2.54. The van der Waals surface area contributed by atoms with Crippen LogP contribution in [0.5, 0.6) is 0 Å². The minimum Gasteiger partial charge on any atom is -0.368 e. The Kier molecular flexibility index (Phi) is 4.74. The van der Waals surface area contributed by atoms with E-state index in [-0.39, 0.29) is 5.82 Å². The van der Waals surface area contributed by atoms with Crippen LogP contribution in [-0.2, 0) is 7.05 Å². The van der Waals surface area contributed by atoms with Crippen molar-refractivity contribution >= 4 is 38.9 Å². The molecule has 0 saturated carbocycles. The average Bonchev–Trinajstić information content (AvgIpc) is 3.08. The summed E-state index contributed by atoms with van der Waals surface area (Å²) < 4.78 is 31.3. The Morgan fingerprint density at radius 2 is 1.81 bits per heavy atom. The third-order valence-corrected chi connectivity index (χ3v) is 5.66. The van der Waals surface area contributed by atoms with Gasteiger partial charge in [0.15, 0.2) is 5.82 Å². The average molecular weight is 422 g/mol. The van der Waals surface area contributed by atoms with E-state index < -0.39 is 5.82 Å². The van der Waals surface area contributed by atoms with Crippen LogP contribution in [0.15, 0.2) is 42.7 Å². The van der Waals surface area contributed by atoms with Gasteiger partial charge in [0.25, 0.3) is 0 Å². The first-order chi connectivity index (χ1) is 14.9. The Morgan fingerprint density at radius 3 is 2.58 bits per heavy atom. The Bertz CT molecular complexity index is 1270. The summed E-state index contributed by atoms with van der Waals surface area (Å²) in [5, 5.41) is 12.5. The number of pyridine rings is 1. The van der Waals surface area contributed by atoms with Gasteiger partial charge in [0.05, 0.1) is 5.39 Å². The molecule has 5 rings (SSSR count). The minimum atomic E-state index is -0.439. The van der Waals surface area contributed by atoms with Crippen molar-refractivity contribution in [3.05, 3.63) is 54.4 Å². The first kappa shape index (κ1) is 19.7. The van der Waals surface area contributed by atoms with E-state index in [1.54, 1.807) is 42.3 Å². The molecule has 160 valence electrons. The summed E-state index contributed by atoms with van der Waals surface area (Å²) in [7, 11) is 1.74. The summed E-state index contributed by atoms with van der Waals surface area (Å²) in [5.74, 6) is -0.443. The van der Waals surface area contributed by atoms with Gasteiger partial charge in [-0.05, 0) is 49.6 Å². The monoisotopic (exact) mass is 422 g/mol. The van der Waals surface area contributed by atoms with Crippen LogP contribution in [0.25, 0.3) is 21.7 Å². The Hall–Kier alpha value is -3.26. The van der Waals surface area contributed by atoms with Gasteiger partial charge < -0.3 is 15.5 Å². The molecule has 1 aliphatic heterocycles. The summed E-state index contributed by atoms with van der Waals surface area (Å²) in [6, 6.07) is 9.13. The van der Waals surface area contributed by atoms with Crippen molar-refractivity contribution in [2.24, 2.45) is 7.05 Å². The SMILES string of the molecule is C[C@H]1CN(c2cc(F)c3c(Nc4cc(F)c5nn(C)cc5c4)nccc3c2)C[C@H](C)N1. The highest BCUT2D eigenvalue weighted by molar-refractivity contribution is 5.96. The number of anilines is 3. The van der Waals surface area contributed by atoms with Crippen LogP contribution >= 0.6 is 0 Å². The molecule has 0 amide bonds. The summed E-state index contributed by atoms with van der Waals surface area (Å²) >= 11 is 0. The van der Waals surface area contributed by atoms with Crippen molar-refractivity contribution < 1.29 is 8.78 Å². The molecule has 6 nitrogen and oxygen atoms in total. The number of nitrogens with one attached hydrogen (secondary N) is 2. The van der Waals surface area contributed by atoms with E-state index in [0.717, 1.165) is 24.2 Å². The molecule has 2 atom stereocenters. The number of aryl methyl sites for hydroxylation is 1. The maximum atomic E-state index is 15.3. The van der Waals surface area contributed by atoms with Crippen LogP contribution in [0.3, 0.4) is 0 Å². The Morgan fingerprint density at radius 1 is 1.03 bits per heavy atom. The zero-order valence-electron chi connectivity index (χ0n) is 17.7. The van der Waals surface area contributed by atoms with Gasteiger partial charge in [0.2, 0.25) is 0 Å². The number of benzene rings is 2. The van der Waals surface area contributed by atoms with Crippen molar-refractivity contribution in [3.8, 4) is 0 Å². The van der Waals surface area contributed by atoms with Gasteiger partial charge in [-0.1, -0.05) is 0 Å². The fourth-order valence-corrected chi connectivity index (χ4v) is 4.49. The van der Waals surface area contributed by atoms with Gasteiger partial charge in [0.1, 0.15) is 17.2 Å². The summed E-state index contributed by atoms with van der Waals surface area (Å²) in [5.41, 5.74) is 1.64. The van der Waals surface area contributed by atoms with E-state index in [4.69, 9.17) is 0 Å². The second kappa shape index (κ2) is 7.46. The van der Waals surface area contributed by atoms with Gasteiger partial charge >= 0.3 is 0 Å². The molecule has 0 radical (unpaired) electrons. The molecule has 1 saturated heterocycles. The lowest BCUT2D eigenvalue weighted by Gasteiger charge is -2.37. The maximum absolute atomic E-state index is 15.3. The molecule has 3 heterocycles. The highest BCUT2D eigenvalue weighted by Crippen LogP contribution is 2.32. The second-order valence-corrected chi connectivity index (χ2v) is 8.38. The minimum absolute atomic E-state index is 0.300. The molecular formula is C23H24F2N6. The molecule has 4 aromatic rings. The van der Waals surface area contributed by atoms with E-state index in [0.29, 0.717) is 39.9 Å². The molecule has 2 N–H and O–H groups in total. The predicted octanol–water partition coefficient (Wildman–Crippen LogP) is 4.33. The zero-order valence-corrected chi connectivity index (χ0v) is 17.7. The zero-order chi connectivity index (χ0) is 21.7. The van der Waals surface area contributed by atoms with E-state index in [1.807, 2.05) is 6.07 Å². The van der Waals surface area contributed by atoms with Crippen LogP contribution in [0, 0.1) is 11.6 Å². The predicted molar refractivity (Wildman–Crippen MR) is 120 cm³/mol. The normalized spacial score (nSPS) is 19.3. The smallest absolute Gasteiger partial charge is 0.153 e. The van der Waals surface area contributed by atoms with Crippen molar-refractivity contribution in [1.82, 2.24) is 20.1 Å². The van der Waals surface area contributed by atoms with E-state index in [1.165, 1.54) is 6.07 Å². The summed E-state index contributed by atoms with van der Waals surface area (Å²) in [6.07, 6.45) is 3.37. The highest BCUT2D eigenvalue weighted by atomic mass is 19.1. The first-order valence-corrected chi connectivity index (χ1v) is 10.4. The number of hydrogen-bond acceptors (Lipinski definition) is 5. The molecule has 2 aromatic heterocycles.